The van der Waals surface area contributed by atoms with E-state index in [1.165, 1.54) is 4.90 Å². The topological polar surface area (TPSA) is 116 Å². The van der Waals surface area contributed by atoms with Crippen molar-refractivity contribution in [2.45, 2.75) is 30.8 Å². The number of rotatable bonds is 6. The molecular formula is C24H22ClN3O5. The smallest absolute Gasteiger partial charge is 0.303 e. The lowest BCUT2D eigenvalue weighted by molar-refractivity contribution is -0.143. The van der Waals surface area contributed by atoms with Crippen LogP contribution in [-0.2, 0) is 31.1 Å². The van der Waals surface area contributed by atoms with Crippen molar-refractivity contribution < 1.29 is 24.3 Å². The zero-order chi connectivity index (χ0) is 23.3. The Labute approximate surface area is 194 Å². The second-order valence-corrected chi connectivity index (χ2v) is 9.14. The van der Waals surface area contributed by atoms with E-state index < -0.39 is 41.2 Å². The number of hydrogen-bond donors (Lipinski definition) is 3. The Bertz CT molecular complexity index is 1170. The van der Waals surface area contributed by atoms with Crippen molar-refractivity contribution in [3.05, 3.63) is 64.7 Å². The molecule has 2 saturated heterocycles. The molecule has 3 aliphatic heterocycles. The van der Waals surface area contributed by atoms with Gasteiger partial charge in [0, 0.05) is 35.3 Å². The number of nitrogens with zero attached hydrogens (tertiary/aromatic N) is 1. The monoisotopic (exact) mass is 467 g/mol. The maximum Gasteiger partial charge on any atom is 0.303 e. The molecular weight excluding hydrogens is 446 g/mol. The highest BCUT2D eigenvalue weighted by atomic mass is 35.5. The molecule has 8 nitrogen and oxygen atoms in total. The van der Waals surface area contributed by atoms with Gasteiger partial charge in [-0.3, -0.25) is 29.4 Å². The fourth-order valence-electron chi connectivity index (χ4n) is 5.47. The second kappa shape index (κ2) is 7.97. The molecule has 3 N–H and O–H groups in total. The van der Waals surface area contributed by atoms with Crippen molar-refractivity contribution in [3.8, 4) is 0 Å². The van der Waals surface area contributed by atoms with E-state index in [2.05, 4.69) is 10.6 Å². The summed E-state index contributed by atoms with van der Waals surface area (Å²) in [5, 5.41) is 15.6. The minimum Gasteiger partial charge on any atom is -0.481 e. The number of anilines is 1. The highest BCUT2D eigenvalue weighted by Crippen LogP contribution is 2.53. The average molecular weight is 468 g/mol. The Kier molecular flexibility index (Phi) is 5.22. The Morgan fingerprint density at radius 1 is 1.09 bits per heavy atom. The van der Waals surface area contributed by atoms with Crippen molar-refractivity contribution in [1.29, 1.82) is 0 Å². The first-order valence-corrected chi connectivity index (χ1v) is 11.2. The molecule has 0 radical (unpaired) electrons. The van der Waals surface area contributed by atoms with Crippen LogP contribution in [0.25, 0.3) is 0 Å². The predicted octanol–water partition coefficient (Wildman–Crippen LogP) is 2.17. The van der Waals surface area contributed by atoms with Gasteiger partial charge in [0.15, 0.2) is 0 Å². The quantitative estimate of drug-likeness (QED) is 0.561. The Hall–Kier alpha value is -3.23. The van der Waals surface area contributed by atoms with Gasteiger partial charge in [0.05, 0.1) is 11.8 Å². The van der Waals surface area contributed by atoms with E-state index in [1.807, 2.05) is 30.3 Å². The summed E-state index contributed by atoms with van der Waals surface area (Å²) in [6.07, 6.45) is 0.423. The molecule has 3 aliphatic rings. The van der Waals surface area contributed by atoms with Gasteiger partial charge in [-0.2, -0.15) is 0 Å². The number of carbonyl (C=O) groups is 4. The van der Waals surface area contributed by atoms with Crippen LogP contribution >= 0.6 is 11.6 Å². The largest absolute Gasteiger partial charge is 0.481 e. The minimum atomic E-state index is -1.47. The number of likely N-dealkylation sites (tertiary alicyclic amines) is 1. The van der Waals surface area contributed by atoms with E-state index in [-0.39, 0.29) is 25.3 Å². The van der Waals surface area contributed by atoms with Crippen LogP contribution in [0.3, 0.4) is 0 Å². The number of amides is 3. The van der Waals surface area contributed by atoms with Crippen LogP contribution in [0.15, 0.2) is 48.5 Å². The van der Waals surface area contributed by atoms with E-state index in [4.69, 9.17) is 11.6 Å². The number of halogens is 1. The summed E-state index contributed by atoms with van der Waals surface area (Å²) >= 11 is 6.22. The van der Waals surface area contributed by atoms with Gasteiger partial charge in [0.2, 0.25) is 17.7 Å². The maximum atomic E-state index is 13.6. The second-order valence-electron chi connectivity index (χ2n) is 8.70. The van der Waals surface area contributed by atoms with Gasteiger partial charge in [0.25, 0.3) is 0 Å². The number of imide groups is 1. The third-order valence-electron chi connectivity index (χ3n) is 6.90. The van der Waals surface area contributed by atoms with E-state index >= 15 is 0 Å². The first kappa shape index (κ1) is 21.6. The molecule has 2 fully saturated rings. The molecule has 0 aliphatic carbocycles. The van der Waals surface area contributed by atoms with Gasteiger partial charge in [0.1, 0.15) is 5.54 Å². The molecule has 0 aromatic heterocycles. The molecule has 1 spiro atoms. The van der Waals surface area contributed by atoms with Crippen LogP contribution in [0.1, 0.15) is 24.0 Å². The Balaban J connectivity index is 1.53. The normalized spacial score (nSPS) is 27.7. The maximum absolute atomic E-state index is 13.6. The number of carboxylic acid groups (broad SMARTS) is 1. The number of carboxylic acids is 1. The lowest BCUT2D eigenvalue weighted by Gasteiger charge is -2.29. The number of aliphatic carboxylic acids is 1. The van der Waals surface area contributed by atoms with Crippen LogP contribution in [0.5, 0.6) is 0 Å². The third-order valence-corrected chi connectivity index (χ3v) is 7.14. The first-order valence-electron chi connectivity index (χ1n) is 10.8. The highest BCUT2D eigenvalue weighted by Gasteiger charge is 2.70. The number of hydrogen-bond acceptors (Lipinski definition) is 5. The van der Waals surface area contributed by atoms with Crippen LogP contribution < -0.4 is 10.6 Å². The molecule has 5 rings (SSSR count). The zero-order valence-corrected chi connectivity index (χ0v) is 18.3. The average Bonchev–Trinajstić information content (AvgIpc) is 3.37. The van der Waals surface area contributed by atoms with E-state index in [0.29, 0.717) is 22.7 Å². The van der Waals surface area contributed by atoms with Crippen LogP contribution in [0.4, 0.5) is 5.69 Å². The van der Waals surface area contributed by atoms with Crippen molar-refractivity contribution in [2.75, 3.05) is 11.9 Å². The lowest BCUT2D eigenvalue weighted by Crippen LogP contribution is -2.53. The van der Waals surface area contributed by atoms with Gasteiger partial charge in [-0.15, -0.1) is 0 Å². The fourth-order valence-corrected chi connectivity index (χ4v) is 5.64. The van der Waals surface area contributed by atoms with Crippen LogP contribution in [0.2, 0.25) is 5.02 Å². The van der Waals surface area contributed by atoms with Crippen molar-refractivity contribution in [2.24, 2.45) is 11.8 Å². The summed E-state index contributed by atoms with van der Waals surface area (Å²) in [7, 11) is 0. The highest BCUT2D eigenvalue weighted by molar-refractivity contribution is 6.31. The number of carbonyl (C=O) groups excluding carboxylic acids is 3. The van der Waals surface area contributed by atoms with Gasteiger partial charge in [-0.05, 0) is 36.6 Å². The fraction of sp³-hybridized carbons (Fsp3) is 0.333. The van der Waals surface area contributed by atoms with Crippen molar-refractivity contribution in [1.82, 2.24) is 10.2 Å². The van der Waals surface area contributed by atoms with E-state index in [9.17, 15) is 24.3 Å². The number of fused-ring (bicyclic) bond motifs is 4. The van der Waals surface area contributed by atoms with Gasteiger partial charge < -0.3 is 10.4 Å². The summed E-state index contributed by atoms with van der Waals surface area (Å²) in [6, 6.07) is 13.8. The molecule has 0 unspecified atom stereocenters. The van der Waals surface area contributed by atoms with Crippen molar-refractivity contribution in [3.63, 3.8) is 0 Å². The molecule has 33 heavy (non-hydrogen) atoms. The molecule has 170 valence electrons. The molecule has 2 aromatic carbocycles. The minimum absolute atomic E-state index is 0.118. The molecule has 3 amide bonds. The van der Waals surface area contributed by atoms with E-state index in [1.54, 1.807) is 18.2 Å². The molecule has 2 aromatic rings. The lowest BCUT2D eigenvalue weighted by atomic mass is 9.76. The van der Waals surface area contributed by atoms with Gasteiger partial charge >= 0.3 is 5.97 Å². The van der Waals surface area contributed by atoms with Crippen molar-refractivity contribution >= 4 is 41.0 Å². The van der Waals surface area contributed by atoms with Crippen LogP contribution in [0, 0.1) is 11.8 Å². The van der Waals surface area contributed by atoms with E-state index in [0.717, 1.165) is 5.56 Å². The summed E-state index contributed by atoms with van der Waals surface area (Å²) in [5.41, 5.74) is 0.556. The predicted molar refractivity (Wildman–Crippen MR) is 119 cm³/mol. The van der Waals surface area contributed by atoms with Gasteiger partial charge in [-0.25, -0.2) is 0 Å². The summed E-state index contributed by atoms with van der Waals surface area (Å²) in [5.74, 6) is -4.04. The molecule has 3 heterocycles. The number of nitrogens with one attached hydrogen (secondary N) is 2. The zero-order valence-electron chi connectivity index (χ0n) is 17.6. The standard InChI is InChI=1S/C24H22ClN3O5/c25-14-6-7-16-15(12-14)24(23(33)26-16)20-19(17(27-24)8-9-18(29)30)21(31)28(22(20)32)11-10-13-4-2-1-3-5-13/h1-7,12,17,19-20,27H,8-11H2,(H,26,33)(H,29,30)/t17-,19+,20-,24-/m0/s1. The summed E-state index contributed by atoms with van der Waals surface area (Å²) in [4.78, 5) is 52.9. The van der Waals surface area contributed by atoms with Gasteiger partial charge in [-0.1, -0.05) is 41.9 Å². The Morgan fingerprint density at radius 2 is 1.85 bits per heavy atom. The Morgan fingerprint density at radius 3 is 2.58 bits per heavy atom. The summed E-state index contributed by atoms with van der Waals surface area (Å²) in [6.45, 7) is 0.195. The third kappa shape index (κ3) is 3.32. The molecule has 0 bridgehead atoms. The number of benzene rings is 2. The summed E-state index contributed by atoms with van der Waals surface area (Å²) < 4.78 is 0. The molecule has 9 heteroatoms. The molecule has 0 saturated carbocycles. The SMILES string of the molecule is O=C(O)CC[C@@H]1N[C@]2(C(=O)Nc3ccc(Cl)cc32)[C@@H]2C(=O)N(CCc3ccccc3)C(=O)[C@H]12. The van der Waals surface area contributed by atoms with Crippen LogP contribution in [-0.4, -0.2) is 46.3 Å². The molecule has 4 atom stereocenters. The first-order chi connectivity index (χ1) is 15.8.